The molecular weight excluding hydrogens is 216 g/mol. The van der Waals surface area contributed by atoms with Gasteiger partial charge in [-0.15, -0.1) is 0 Å². The molecule has 1 atom stereocenters. The minimum absolute atomic E-state index is 0.198. The van der Waals surface area contributed by atoms with Gasteiger partial charge in [-0.05, 0) is 38.8 Å². The molecule has 0 aromatic heterocycles. The summed E-state index contributed by atoms with van der Waals surface area (Å²) in [5, 5.41) is 0. The first-order valence-electron chi connectivity index (χ1n) is 7.05. The van der Waals surface area contributed by atoms with Crippen LogP contribution in [0.2, 0.25) is 0 Å². The van der Waals surface area contributed by atoms with Crippen molar-refractivity contribution in [2.75, 3.05) is 26.2 Å². The summed E-state index contributed by atoms with van der Waals surface area (Å²) in [4.78, 5) is 2.48. The molecule has 0 radical (unpaired) electrons. The Kier molecular flexibility index (Phi) is 3.39. The lowest BCUT2D eigenvalue weighted by molar-refractivity contribution is -0.163. The molecule has 1 saturated carbocycles. The van der Waals surface area contributed by atoms with Crippen molar-refractivity contribution in [2.24, 2.45) is 5.73 Å². The maximum absolute atomic E-state index is 6.14. The van der Waals surface area contributed by atoms with Gasteiger partial charge in [-0.2, -0.15) is 0 Å². The summed E-state index contributed by atoms with van der Waals surface area (Å²) >= 11 is 0. The van der Waals surface area contributed by atoms with Crippen LogP contribution in [-0.4, -0.2) is 49.1 Å². The summed E-state index contributed by atoms with van der Waals surface area (Å²) in [6, 6.07) is 0.410. The Bertz CT molecular complexity index is 258. The van der Waals surface area contributed by atoms with E-state index in [1.807, 2.05) is 0 Å². The summed E-state index contributed by atoms with van der Waals surface area (Å²) in [5.41, 5.74) is 5.92. The van der Waals surface area contributed by atoms with Gasteiger partial charge in [-0.1, -0.05) is 0 Å². The third kappa shape index (κ3) is 2.65. The number of ether oxygens (including phenoxy) is 2. The molecule has 2 saturated heterocycles. The number of piperidine rings is 1. The Labute approximate surface area is 103 Å². The van der Waals surface area contributed by atoms with Crippen molar-refractivity contribution in [3.63, 3.8) is 0 Å². The lowest BCUT2D eigenvalue weighted by Crippen LogP contribution is -2.43. The highest BCUT2D eigenvalue weighted by Gasteiger charge is 2.43. The van der Waals surface area contributed by atoms with Gasteiger partial charge >= 0.3 is 0 Å². The molecular formula is C13H24N2O2. The Morgan fingerprint density at radius 3 is 2.59 bits per heavy atom. The third-order valence-electron chi connectivity index (χ3n) is 4.37. The normalized spacial score (nSPS) is 34.8. The van der Waals surface area contributed by atoms with Gasteiger partial charge in [-0.25, -0.2) is 0 Å². The smallest absolute Gasteiger partial charge is 0.168 e. The van der Waals surface area contributed by atoms with E-state index in [9.17, 15) is 0 Å². The molecule has 3 aliphatic rings. The number of hydrogen-bond acceptors (Lipinski definition) is 4. The maximum Gasteiger partial charge on any atom is 0.168 e. The second kappa shape index (κ2) is 4.84. The van der Waals surface area contributed by atoms with Crippen LogP contribution in [0.15, 0.2) is 0 Å². The fourth-order valence-electron chi connectivity index (χ4n) is 3.31. The van der Waals surface area contributed by atoms with Crippen molar-refractivity contribution >= 4 is 0 Å². The molecule has 98 valence electrons. The van der Waals surface area contributed by atoms with Crippen LogP contribution in [0.4, 0.5) is 0 Å². The summed E-state index contributed by atoms with van der Waals surface area (Å²) < 4.78 is 12.0. The second-order valence-corrected chi connectivity index (χ2v) is 5.81. The van der Waals surface area contributed by atoms with Gasteiger partial charge < -0.3 is 20.1 Å². The number of nitrogens with zero attached hydrogens (tertiary/aromatic N) is 1. The molecule has 3 fully saturated rings. The molecule has 4 heteroatoms. The van der Waals surface area contributed by atoms with Crippen molar-refractivity contribution in [1.29, 1.82) is 0 Å². The molecule has 0 aromatic rings. The second-order valence-electron chi connectivity index (χ2n) is 5.81. The molecule has 3 rings (SSSR count). The van der Waals surface area contributed by atoms with E-state index in [0.29, 0.717) is 6.04 Å². The van der Waals surface area contributed by atoms with E-state index < -0.39 is 0 Å². The van der Waals surface area contributed by atoms with Crippen molar-refractivity contribution in [3.05, 3.63) is 0 Å². The molecule has 1 unspecified atom stereocenters. The zero-order chi connectivity index (χ0) is 11.7. The maximum atomic E-state index is 6.14. The van der Waals surface area contributed by atoms with Crippen molar-refractivity contribution in [1.82, 2.24) is 4.90 Å². The van der Waals surface area contributed by atoms with Gasteiger partial charge in [0.2, 0.25) is 0 Å². The topological polar surface area (TPSA) is 47.7 Å². The van der Waals surface area contributed by atoms with E-state index in [1.54, 1.807) is 0 Å². The number of rotatable bonds is 2. The van der Waals surface area contributed by atoms with E-state index in [2.05, 4.69) is 4.90 Å². The van der Waals surface area contributed by atoms with E-state index in [4.69, 9.17) is 15.2 Å². The summed E-state index contributed by atoms with van der Waals surface area (Å²) in [7, 11) is 0. The monoisotopic (exact) mass is 240 g/mol. The molecule has 1 aliphatic carbocycles. The zero-order valence-electron chi connectivity index (χ0n) is 10.6. The van der Waals surface area contributed by atoms with Crippen LogP contribution in [0.1, 0.15) is 38.5 Å². The predicted octanol–water partition coefficient (Wildman–Crippen LogP) is 1.10. The lowest BCUT2D eigenvalue weighted by Gasteiger charge is -2.31. The lowest BCUT2D eigenvalue weighted by atomic mass is 10.1. The first-order chi connectivity index (χ1) is 8.26. The Morgan fingerprint density at radius 1 is 1.18 bits per heavy atom. The minimum atomic E-state index is -0.198. The van der Waals surface area contributed by atoms with Gasteiger partial charge in [0.05, 0.1) is 12.7 Å². The fraction of sp³-hybridized carbons (Fsp3) is 1.00. The molecule has 17 heavy (non-hydrogen) atoms. The van der Waals surface area contributed by atoms with E-state index >= 15 is 0 Å². The number of nitrogens with two attached hydrogens (primary N) is 1. The molecule has 0 aromatic carbocycles. The average Bonchev–Trinajstić information content (AvgIpc) is 2.94. The van der Waals surface area contributed by atoms with Crippen LogP contribution in [0.25, 0.3) is 0 Å². The summed E-state index contributed by atoms with van der Waals surface area (Å²) in [6.07, 6.45) is 7.22. The highest BCUT2D eigenvalue weighted by Crippen LogP contribution is 2.39. The van der Waals surface area contributed by atoms with Crippen LogP contribution in [-0.2, 0) is 9.47 Å². The zero-order valence-corrected chi connectivity index (χ0v) is 10.6. The first-order valence-corrected chi connectivity index (χ1v) is 7.05. The van der Waals surface area contributed by atoms with Crippen LogP contribution in [0.3, 0.4) is 0 Å². The molecule has 1 spiro atoms. The standard InChI is InChI=1S/C13H24N2O2/c14-11-3-7-15(8-4-11)9-12-10-16-13(17-12)5-1-2-6-13/h11-12H,1-10,14H2. The molecule has 2 aliphatic heterocycles. The Morgan fingerprint density at radius 2 is 1.88 bits per heavy atom. The fourth-order valence-corrected chi connectivity index (χ4v) is 3.31. The Hall–Kier alpha value is -0.160. The van der Waals surface area contributed by atoms with Crippen LogP contribution < -0.4 is 5.73 Å². The summed E-state index contributed by atoms with van der Waals surface area (Å²) in [6.45, 7) is 4.04. The quantitative estimate of drug-likeness (QED) is 0.785. The van der Waals surface area contributed by atoms with Crippen molar-refractivity contribution in [2.45, 2.75) is 56.5 Å². The van der Waals surface area contributed by atoms with Crippen LogP contribution in [0, 0.1) is 0 Å². The van der Waals surface area contributed by atoms with Gasteiger partial charge in [-0.3, -0.25) is 0 Å². The van der Waals surface area contributed by atoms with Gasteiger partial charge in [0.25, 0.3) is 0 Å². The summed E-state index contributed by atoms with van der Waals surface area (Å²) in [5.74, 6) is -0.198. The van der Waals surface area contributed by atoms with Gasteiger partial charge in [0.1, 0.15) is 0 Å². The Balaban J connectivity index is 1.47. The first kappa shape index (κ1) is 11.9. The highest BCUT2D eigenvalue weighted by molar-refractivity contribution is 4.86. The number of hydrogen-bond donors (Lipinski definition) is 1. The van der Waals surface area contributed by atoms with Crippen molar-refractivity contribution in [3.8, 4) is 0 Å². The molecule has 2 heterocycles. The van der Waals surface area contributed by atoms with Crippen molar-refractivity contribution < 1.29 is 9.47 Å². The van der Waals surface area contributed by atoms with Crippen LogP contribution in [0.5, 0.6) is 0 Å². The third-order valence-corrected chi connectivity index (χ3v) is 4.37. The van der Waals surface area contributed by atoms with Gasteiger partial charge in [0.15, 0.2) is 5.79 Å². The van der Waals surface area contributed by atoms with E-state index in [1.165, 1.54) is 12.8 Å². The van der Waals surface area contributed by atoms with Crippen LogP contribution >= 0.6 is 0 Å². The largest absolute Gasteiger partial charge is 0.347 e. The highest BCUT2D eigenvalue weighted by atomic mass is 16.7. The van der Waals surface area contributed by atoms with E-state index in [-0.39, 0.29) is 11.9 Å². The minimum Gasteiger partial charge on any atom is -0.347 e. The molecule has 4 nitrogen and oxygen atoms in total. The SMILES string of the molecule is NC1CCN(CC2COC3(CCCC3)O2)CC1. The average molecular weight is 240 g/mol. The molecule has 0 amide bonds. The molecule has 2 N–H and O–H groups in total. The predicted molar refractivity (Wildman–Crippen MR) is 65.7 cm³/mol. The van der Waals surface area contributed by atoms with Gasteiger partial charge in [0, 0.05) is 25.4 Å². The number of likely N-dealkylation sites (tertiary alicyclic amines) is 1. The molecule has 0 bridgehead atoms. The van der Waals surface area contributed by atoms with E-state index in [0.717, 1.165) is 51.9 Å².